The molecule has 0 aliphatic heterocycles. The Balaban J connectivity index is 1.64. The maximum Gasteiger partial charge on any atom is 0.137 e. The number of pyridine rings is 1. The fourth-order valence-electron chi connectivity index (χ4n) is 2.74. The normalized spacial score (nSPS) is 10.7. The summed E-state index contributed by atoms with van der Waals surface area (Å²) in [6.45, 7) is 2.79. The van der Waals surface area contributed by atoms with Crippen molar-refractivity contribution >= 4 is 0 Å². The number of nitrogens with zero attached hydrogens (tertiary/aromatic N) is 2. The Morgan fingerprint density at radius 1 is 0.889 bits per heavy atom. The molecule has 0 N–H and O–H groups in total. The zero-order valence-electron chi connectivity index (χ0n) is 15.4. The minimum Gasteiger partial charge on any atom is -0.492 e. The van der Waals surface area contributed by atoms with E-state index in [-0.39, 0.29) is 0 Å². The summed E-state index contributed by atoms with van der Waals surface area (Å²) in [6, 6.07) is 21.9. The third-order valence-corrected chi connectivity index (χ3v) is 4.22. The molecule has 2 aromatic carbocycles. The summed E-state index contributed by atoms with van der Waals surface area (Å²) < 4.78 is 5.70. The molecule has 0 aliphatic carbocycles. The van der Waals surface area contributed by atoms with Gasteiger partial charge in [0.05, 0.1) is 30.1 Å². The summed E-state index contributed by atoms with van der Waals surface area (Å²) in [7, 11) is 0. The van der Waals surface area contributed by atoms with E-state index >= 15 is 0 Å². The Bertz CT molecular complexity index is 918. The molecule has 1 aromatic heterocycles. The molecule has 3 rings (SSSR count). The number of aromatic nitrogens is 1. The summed E-state index contributed by atoms with van der Waals surface area (Å²) in [4.78, 5) is 4.51. The molecule has 0 radical (unpaired) electrons. The van der Waals surface area contributed by atoms with E-state index in [1.54, 1.807) is 6.20 Å². The lowest BCUT2D eigenvalue weighted by atomic mass is 10.0. The lowest BCUT2D eigenvalue weighted by molar-refractivity contribution is 0.323. The number of nitriles is 1. The molecule has 0 atom stereocenters. The Morgan fingerprint density at radius 2 is 1.56 bits per heavy atom. The minimum atomic E-state index is 0.664. The van der Waals surface area contributed by atoms with Crippen LogP contribution in [0.5, 0.6) is 5.75 Å². The van der Waals surface area contributed by atoms with Gasteiger partial charge < -0.3 is 4.74 Å². The van der Waals surface area contributed by atoms with Crippen molar-refractivity contribution in [2.24, 2.45) is 0 Å². The van der Waals surface area contributed by atoms with Gasteiger partial charge in [0.25, 0.3) is 0 Å². The molecule has 0 saturated carbocycles. The van der Waals surface area contributed by atoms with E-state index in [0.717, 1.165) is 41.0 Å². The van der Waals surface area contributed by atoms with Gasteiger partial charge >= 0.3 is 0 Å². The lowest BCUT2D eigenvalue weighted by Crippen LogP contribution is -1.96. The second-order valence-electron chi connectivity index (χ2n) is 6.16. The highest BCUT2D eigenvalue weighted by molar-refractivity contribution is 5.69. The standard InChI is InChI=1S/C24H22N2O/c1-2-3-4-5-16-27-23-14-15-24(26-18-23)22-12-10-21(11-13-22)20-8-6-19(17-25)7-9-20/h3-4,6-15,18H,2,5,16H2,1H3. The van der Waals surface area contributed by atoms with Crippen molar-refractivity contribution in [2.45, 2.75) is 19.8 Å². The fraction of sp³-hybridized carbons (Fsp3) is 0.167. The van der Waals surface area contributed by atoms with Crippen molar-refractivity contribution in [3.8, 4) is 34.2 Å². The van der Waals surface area contributed by atoms with Gasteiger partial charge in [-0.1, -0.05) is 55.5 Å². The first-order valence-corrected chi connectivity index (χ1v) is 9.15. The molecule has 134 valence electrons. The maximum absolute atomic E-state index is 8.89. The summed E-state index contributed by atoms with van der Waals surface area (Å²) in [6.07, 6.45) is 8.02. The SMILES string of the molecule is CCC=CCCOc1ccc(-c2ccc(-c3ccc(C#N)cc3)cc2)nc1. The van der Waals surface area contributed by atoms with E-state index < -0.39 is 0 Å². The quantitative estimate of drug-likeness (QED) is 0.385. The van der Waals surface area contributed by atoms with Crippen LogP contribution < -0.4 is 4.74 Å². The molecular weight excluding hydrogens is 332 g/mol. The highest BCUT2D eigenvalue weighted by Crippen LogP contribution is 2.25. The smallest absolute Gasteiger partial charge is 0.137 e. The second-order valence-corrected chi connectivity index (χ2v) is 6.16. The predicted molar refractivity (Wildman–Crippen MR) is 109 cm³/mol. The van der Waals surface area contributed by atoms with Gasteiger partial charge in [-0.25, -0.2) is 0 Å². The molecule has 1 heterocycles. The highest BCUT2D eigenvalue weighted by Gasteiger charge is 2.03. The molecule has 0 aliphatic rings. The highest BCUT2D eigenvalue weighted by atomic mass is 16.5. The summed E-state index contributed by atoms with van der Waals surface area (Å²) in [5, 5.41) is 8.89. The van der Waals surface area contributed by atoms with Crippen LogP contribution in [0.2, 0.25) is 0 Å². The average molecular weight is 354 g/mol. The molecule has 0 saturated heterocycles. The van der Waals surface area contributed by atoms with Gasteiger partial charge in [-0.2, -0.15) is 5.26 Å². The summed E-state index contributed by atoms with van der Waals surface area (Å²) >= 11 is 0. The van der Waals surface area contributed by atoms with Crippen LogP contribution in [0.15, 0.2) is 79.0 Å². The maximum atomic E-state index is 8.89. The second kappa shape index (κ2) is 9.35. The van der Waals surface area contributed by atoms with Crippen LogP contribution in [0.4, 0.5) is 0 Å². The van der Waals surface area contributed by atoms with Crippen molar-refractivity contribution in [3.05, 3.63) is 84.6 Å². The number of allylic oxidation sites excluding steroid dienone is 1. The van der Waals surface area contributed by atoms with E-state index in [4.69, 9.17) is 10.00 Å². The van der Waals surface area contributed by atoms with Crippen molar-refractivity contribution in [1.29, 1.82) is 5.26 Å². The van der Waals surface area contributed by atoms with Crippen molar-refractivity contribution in [2.75, 3.05) is 6.61 Å². The third-order valence-electron chi connectivity index (χ3n) is 4.22. The number of rotatable bonds is 7. The lowest BCUT2D eigenvalue weighted by Gasteiger charge is -2.07. The average Bonchev–Trinajstić information content (AvgIpc) is 2.74. The van der Waals surface area contributed by atoms with Crippen LogP contribution in [0.1, 0.15) is 25.3 Å². The fourth-order valence-corrected chi connectivity index (χ4v) is 2.74. The zero-order valence-corrected chi connectivity index (χ0v) is 15.4. The first kappa shape index (κ1) is 18.4. The van der Waals surface area contributed by atoms with Gasteiger partial charge in [0, 0.05) is 5.56 Å². The van der Waals surface area contributed by atoms with Crippen LogP contribution in [0, 0.1) is 11.3 Å². The molecule has 3 nitrogen and oxygen atoms in total. The van der Waals surface area contributed by atoms with Crippen LogP contribution in [-0.2, 0) is 0 Å². The van der Waals surface area contributed by atoms with Crippen LogP contribution >= 0.6 is 0 Å². The van der Waals surface area contributed by atoms with Crippen molar-refractivity contribution in [3.63, 3.8) is 0 Å². The van der Waals surface area contributed by atoms with Gasteiger partial charge in [-0.05, 0) is 48.2 Å². The van der Waals surface area contributed by atoms with E-state index in [2.05, 4.69) is 54.4 Å². The summed E-state index contributed by atoms with van der Waals surface area (Å²) in [5.74, 6) is 0.790. The van der Waals surface area contributed by atoms with Gasteiger partial charge in [-0.15, -0.1) is 0 Å². The molecule has 0 fully saturated rings. The van der Waals surface area contributed by atoms with Crippen LogP contribution in [-0.4, -0.2) is 11.6 Å². The minimum absolute atomic E-state index is 0.664. The van der Waals surface area contributed by atoms with Gasteiger partial charge in [0.2, 0.25) is 0 Å². The van der Waals surface area contributed by atoms with Crippen LogP contribution in [0.3, 0.4) is 0 Å². The van der Waals surface area contributed by atoms with Crippen molar-refractivity contribution < 1.29 is 4.74 Å². The van der Waals surface area contributed by atoms with Gasteiger partial charge in [-0.3, -0.25) is 4.98 Å². The van der Waals surface area contributed by atoms with E-state index in [1.165, 1.54) is 0 Å². The number of hydrogen-bond donors (Lipinski definition) is 0. The topological polar surface area (TPSA) is 45.9 Å². The Labute approximate surface area is 160 Å². The molecule has 3 aromatic rings. The van der Waals surface area contributed by atoms with Gasteiger partial charge in [0.1, 0.15) is 5.75 Å². The monoisotopic (exact) mass is 354 g/mol. The number of benzene rings is 2. The molecule has 0 spiro atoms. The van der Waals surface area contributed by atoms with Crippen LogP contribution in [0.25, 0.3) is 22.4 Å². The molecule has 0 unspecified atom stereocenters. The Morgan fingerprint density at radius 3 is 2.15 bits per heavy atom. The predicted octanol–water partition coefficient (Wildman–Crippen LogP) is 6.02. The van der Waals surface area contributed by atoms with E-state index in [1.807, 2.05) is 36.4 Å². The summed E-state index contributed by atoms with van der Waals surface area (Å²) in [5.41, 5.74) is 4.85. The number of hydrogen-bond acceptors (Lipinski definition) is 3. The molecule has 0 bridgehead atoms. The van der Waals surface area contributed by atoms with E-state index in [0.29, 0.717) is 12.2 Å². The third kappa shape index (κ3) is 5.05. The first-order chi connectivity index (χ1) is 13.3. The molecule has 3 heteroatoms. The molecule has 0 amide bonds. The first-order valence-electron chi connectivity index (χ1n) is 9.15. The Kier molecular flexibility index (Phi) is 6.38. The van der Waals surface area contributed by atoms with E-state index in [9.17, 15) is 0 Å². The van der Waals surface area contributed by atoms with Crippen molar-refractivity contribution in [1.82, 2.24) is 4.98 Å². The number of ether oxygens (including phenoxy) is 1. The molecular formula is C24H22N2O. The zero-order chi connectivity index (χ0) is 18.9. The molecule has 27 heavy (non-hydrogen) atoms. The van der Waals surface area contributed by atoms with Gasteiger partial charge in [0.15, 0.2) is 0 Å². The largest absolute Gasteiger partial charge is 0.492 e. The Hall–Kier alpha value is -3.38.